The van der Waals surface area contributed by atoms with Gasteiger partial charge >= 0.3 is 0 Å². The highest BCUT2D eigenvalue weighted by Gasteiger charge is 2.27. The van der Waals surface area contributed by atoms with Crippen molar-refractivity contribution in [1.29, 1.82) is 0 Å². The van der Waals surface area contributed by atoms with Crippen molar-refractivity contribution in [1.82, 2.24) is 14.7 Å². The smallest absolute Gasteiger partial charge is 0.257 e. The number of nitrogens with two attached hydrogens (primary N) is 1. The molecule has 0 saturated carbocycles. The van der Waals surface area contributed by atoms with Crippen molar-refractivity contribution in [2.45, 2.75) is 19.3 Å². The Labute approximate surface area is 165 Å². The second-order valence-electron chi connectivity index (χ2n) is 7.08. The number of nitrogens with zero attached hydrogens (tertiary/aromatic N) is 3. The van der Waals surface area contributed by atoms with E-state index in [0.29, 0.717) is 54.7 Å². The summed E-state index contributed by atoms with van der Waals surface area (Å²) in [5.74, 6) is 0.488. The molecule has 3 rings (SSSR count). The number of piperidine rings is 1. The molecule has 7 nitrogen and oxygen atoms in total. The quantitative estimate of drug-likeness (QED) is 0.786. The summed E-state index contributed by atoms with van der Waals surface area (Å²) in [6.45, 7) is 4.66. The summed E-state index contributed by atoms with van der Waals surface area (Å²) in [6.07, 6.45) is 3.41. The molecule has 0 bridgehead atoms. The van der Waals surface area contributed by atoms with Crippen molar-refractivity contribution in [3.8, 4) is 5.75 Å². The third kappa shape index (κ3) is 4.65. The minimum Gasteiger partial charge on any atom is -0.496 e. The molecule has 2 saturated heterocycles. The molecule has 0 unspecified atom stereocenters. The van der Waals surface area contributed by atoms with Crippen LogP contribution in [0.15, 0.2) is 12.1 Å². The fourth-order valence-electron chi connectivity index (χ4n) is 3.62. The van der Waals surface area contributed by atoms with Crippen LogP contribution >= 0.6 is 11.6 Å². The molecule has 2 aliphatic rings. The number of amides is 2. The number of likely N-dealkylation sites (tertiary alicyclic amines) is 1. The molecule has 0 atom stereocenters. The van der Waals surface area contributed by atoms with Gasteiger partial charge in [-0.15, -0.1) is 0 Å². The Balaban J connectivity index is 1.56. The van der Waals surface area contributed by atoms with Crippen LogP contribution < -0.4 is 10.5 Å². The number of carbonyl (C=O) groups excluding carboxylic acids is 2. The molecule has 27 heavy (non-hydrogen) atoms. The van der Waals surface area contributed by atoms with Crippen molar-refractivity contribution in [2.24, 2.45) is 0 Å². The second kappa shape index (κ2) is 8.80. The van der Waals surface area contributed by atoms with Crippen molar-refractivity contribution in [2.75, 3.05) is 58.7 Å². The lowest BCUT2D eigenvalue weighted by molar-refractivity contribution is -0.133. The Bertz CT molecular complexity index is 698. The van der Waals surface area contributed by atoms with E-state index in [0.717, 1.165) is 25.9 Å². The lowest BCUT2D eigenvalue weighted by atomic mass is 10.1. The minimum atomic E-state index is -0.129. The Kier molecular flexibility index (Phi) is 6.44. The third-order valence-corrected chi connectivity index (χ3v) is 5.60. The molecule has 2 heterocycles. The van der Waals surface area contributed by atoms with E-state index in [1.165, 1.54) is 13.5 Å². The first kappa shape index (κ1) is 19.8. The van der Waals surface area contributed by atoms with Gasteiger partial charge in [-0.3, -0.25) is 14.5 Å². The fraction of sp³-hybridized carbons (Fsp3) is 0.579. The number of hydrogen-bond acceptors (Lipinski definition) is 5. The van der Waals surface area contributed by atoms with Gasteiger partial charge in [-0.2, -0.15) is 0 Å². The molecule has 2 fully saturated rings. The van der Waals surface area contributed by atoms with Gasteiger partial charge in [0.2, 0.25) is 5.91 Å². The Morgan fingerprint density at radius 1 is 1.04 bits per heavy atom. The predicted molar refractivity (Wildman–Crippen MR) is 105 cm³/mol. The highest BCUT2D eigenvalue weighted by molar-refractivity contribution is 6.33. The number of carbonyl (C=O) groups is 2. The molecule has 0 radical (unpaired) electrons. The van der Waals surface area contributed by atoms with Crippen LogP contribution in [0.2, 0.25) is 5.02 Å². The van der Waals surface area contributed by atoms with Gasteiger partial charge in [0.05, 0.1) is 29.9 Å². The van der Waals surface area contributed by atoms with Crippen LogP contribution in [0.3, 0.4) is 0 Å². The maximum Gasteiger partial charge on any atom is 0.257 e. The van der Waals surface area contributed by atoms with E-state index in [1.54, 1.807) is 17.0 Å². The number of ether oxygens (including phenoxy) is 1. The van der Waals surface area contributed by atoms with Gasteiger partial charge in [0.25, 0.3) is 5.91 Å². The van der Waals surface area contributed by atoms with Crippen molar-refractivity contribution in [3.05, 3.63) is 22.7 Å². The SMILES string of the molecule is COc1cc(N)c(Cl)cc1C(=O)N1CCN(CC(=O)N2CCCCC2)CC1. The molecule has 0 spiro atoms. The maximum atomic E-state index is 12.9. The standard InChI is InChI=1S/C19H27ClN4O3/c1-27-17-12-16(21)15(20)11-14(17)19(26)24-9-7-22(8-10-24)13-18(25)23-5-3-2-4-6-23/h11-12H,2-10,13,21H2,1H3. The summed E-state index contributed by atoms with van der Waals surface area (Å²) in [5, 5.41) is 0.338. The van der Waals surface area contributed by atoms with Crippen LogP contribution in [0.25, 0.3) is 0 Å². The Morgan fingerprint density at radius 2 is 1.70 bits per heavy atom. The zero-order chi connectivity index (χ0) is 19.4. The third-order valence-electron chi connectivity index (χ3n) is 5.28. The molecule has 0 aromatic heterocycles. The maximum absolute atomic E-state index is 12.9. The van der Waals surface area contributed by atoms with Gasteiger partial charge < -0.3 is 20.3 Å². The van der Waals surface area contributed by atoms with E-state index < -0.39 is 0 Å². The molecule has 2 N–H and O–H groups in total. The second-order valence-corrected chi connectivity index (χ2v) is 7.49. The first-order valence-electron chi connectivity index (χ1n) is 9.42. The van der Waals surface area contributed by atoms with E-state index in [2.05, 4.69) is 4.90 Å². The van der Waals surface area contributed by atoms with E-state index in [4.69, 9.17) is 22.1 Å². The van der Waals surface area contributed by atoms with Crippen LogP contribution in [-0.2, 0) is 4.79 Å². The van der Waals surface area contributed by atoms with Gasteiger partial charge in [-0.1, -0.05) is 11.6 Å². The average molecular weight is 395 g/mol. The lowest BCUT2D eigenvalue weighted by Gasteiger charge is -2.36. The first-order chi connectivity index (χ1) is 13.0. The van der Waals surface area contributed by atoms with Gasteiger partial charge in [0.1, 0.15) is 5.75 Å². The van der Waals surface area contributed by atoms with E-state index in [1.807, 2.05) is 4.90 Å². The monoisotopic (exact) mass is 394 g/mol. The number of methoxy groups -OCH3 is 1. The highest BCUT2D eigenvalue weighted by Crippen LogP contribution is 2.30. The molecule has 1 aromatic rings. The normalized spacial score (nSPS) is 18.4. The van der Waals surface area contributed by atoms with Crippen molar-refractivity contribution >= 4 is 29.1 Å². The Hall–Kier alpha value is -1.99. The minimum absolute atomic E-state index is 0.129. The summed E-state index contributed by atoms with van der Waals surface area (Å²) in [5.41, 5.74) is 6.58. The number of nitrogen functional groups attached to an aromatic ring is 1. The van der Waals surface area contributed by atoms with E-state index in [-0.39, 0.29) is 11.8 Å². The molecular weight excluding hydrogens is 368 g/mol. The molecule has 0 aliphatic carbocycles. The number of piperazine rings is 1. The summed E-state index contributed by atoms with van der Waals surface area (Å²) < 4.78 is 5.29. The van der Waals surface area contributed by atoms with Crippen LogP contribution in [-0.4, -0.2) is 79.4 Å². The van der Waals surface area contributed by atoms with E-state index >= 15 is 0 Å². The van der Waals surface area contributed by atoms with Crippen LogP contribution in [0, 0.1) is 0 Å². The fourth-order valence-corrected chi connectivity index (χ4v) is 3.78. The number of halogens is 1. The highest BCUT2D eigenvalue weighted by atomic mass is 35.5. The van der Waals surface area contributed by atoms with Crippen LogP contribution in [0.5, 0.6) is 5.75 Å². The molecular formula is C19H27ClN4O3. The number of rotatable bonds is 4. The predicted octanol–water partition coefficient (Wildman–Crippen LogP) is 1.70. The van der Waals surface area contributed by atoms with Gasteiger partial charge in [0, 0.05) is 45.3 Å². The molecule has 2 amide bonds. The number of anilines is 1. The van der Waals surface area contributed by atoms with Crippen LogP contribution in [0.1, 0.15) is 29.6 Å². The lowest BCUT2D eigenvalue weighted by Crippen LogP contribution is -2.52. The Morgan fingerprint density at radius 3 is 2.33 bits per heavy atom. The van der Waals surface area contributed by atoms with Gasteiger partial charge in [-0.25, -0.2) is 0 Å². The van der Waals surface area contributed by atoms with Crippen molar-refractivity contribution < 1.29 is 14.3 Å². The number of benzene rings is 1. The van der Waals surface area contributed by atoms with Gasteiger partial charge in [0.15, 0.2) is 0 Å². The zero-order valence-corrected chi connectivity index (χ0v) is 16.5. The van der Waals surface area contributed by atoms with Crippen molar-refractivity contribution in [3.63, 3.8) is 0 Å². The average Bonchev–Trinajstić information content (AvgIpc) is 2.70. The topological polar surface area (TPSA) is 79.1 Å². The largest absolute Gasteiger partial charge is 0.496 e. The number of hydrogen-bond donors (Lipinski definition) is 1. The summed E-state index contributed by atoms with van der Waals surface area (Å²) in [4.78, 5) is 31.1. The summed E-state index contributed by atoms with van der Waals surface area (Å²) in [6, 6.07) is 3.13. The summed E-state index contributed by atoms with van der Waals surface area (Å²) in [7, 11) is 1.50. The molecule has 2 aliphatic heterocycles. The molecule has 148 valence electrons. The molecule has 1 aromatic carbocycles. The van der Waals surface area contributed by atoms with Crippen LogP contribution in [0.4, 0.5) is 5.69 Å². The van der Waals surface area contributed by atoms with Gasteiger partial charge in [-0.05, 0) is 25.3 Å². The summed E-state index contributed by atoms with van der Waals surface area (Å²) >= 11 is 6.08. The molecule has 8 heteroatoms. The first-order valence-corrected chi connectivity index (χ1v) is 9.80. The van der Waals surface area contributed by atoms with E-state index in [9.17, 15) is 9.59 Å². The zero-order valence-electron chi connectivity index (χ0n) is 15.7.